The van der Waals surface area contributed by atoms with E-state index < -0.39 is 5.54 Å². The first kappa shape index (κ1) is 16.2. The van der Waals surface area contributed by atoms with E-state index in [4.69, 9.17) is 4.74 Å². The maximum Gasteiger partial charge on any atom is 0.334 e. The van der Waals surface area contributed by atoms with Crippen LogP contribution in [0.3, 0.4) is 0 Å². The van der Waals surface area contributed by atoms with Crippen LogP contribution in [0.25, 0.3) is 0 Å². The molecule has 0 bridgehead atoms. The van der Waals surface area contributed by atoms with E-state index in [1.54, 1.807) is 6.21 Å². The summed E-state index contributed by atoms with van der Waals surface area (Å²) >= 11 is 0. The minimum absolute atomic E-state index is 0.257. The molecule has 1 aromatic rings. The molecule has 0 saturated heterocycles. The minimum atomic E-state index is -0.821. The van der Waals surface area contributed by atoms with Crippen LogP contribution in [-0.4, -0.2) is 24.3 Å². The third kappa shape index (κ3) is 4.34. The summed E-state index contributed by atoms with van der Waals surface area (Å²) in [7, 11) is 0. The summed E-state index contributed by atoms with van der Waals surface area (Å²) in [5.74, 6) is -0.257. The molecule has 0 radical (unpaired) electrons. The van der Waals surface area contributed by atoms with Crippen molar-refractivity contribution in [2.24, 2.45) is 4.99 Å². The van der Waals surface area contributed by atoms with Gasteiger partial charge in [0.25, 0.3) is 0 Å². The fourth-order valence-electron chi connectivity index (χ4n) is 1.88. The fourth-order valence-corrected chi connectivity index (χ4v) is 1.88. The van der Waals surface area contributed by atoms with E-state index in [1.807, 2.05) is 63.3 Å². The predicted octanol–water partition coefficient (Wildman–Crippen LogP) is 3.78. The molecular formula is C17H23NO2. The Morgan fingerprint density at radius 3 is 2.55 bits per heavy atom. The summed E-state index contributed by atoms with van der Waals surface area (Å²) in [6, 6.07) is 9.78. The normalized spacial score (nSPS) is 14.6. The molecule has 1 atom stereocenters. The number of ether oxygens (including phenoxy) is 1. The van der Waals surface area contributed by atoms with E-state index in [-0.39, 0.29) is 5.97 Å². The summed E-state index contributed by atoms with van der Waals surface area (Å²) in [6.07, 6.45) is 6.82. The fraction of sp³-hybridized carbons (Fsp3) is 0.412. The first-order valence-corrected chi connectivity index (χ1v) is 7.07. The number of nitrogens with zero attached hydrogens (tertiary/aromatic N) is 1. The number of benzene rings is 1. The van der Waals surface area contributed by atoms with Crippen molar-refractivity contribution in [2.45, 2.75) is 39.2 Å². The van der Waals surface area contributed by atoms with E-state index in [2.05, 4.69) is 4.99 Å². The molecule has 3 heteroatoms. The van der Waals surface area contributed by atoms with Crippen molar-refractivity contribution in [3.63, 3.8) is 0 Å². The summed E-state index contributed by atoms with van der Waals surface area (Å²) in [5, 5.41) is 0. The lowest BCUT2D eigenvalue weighted by atomic mass is 9.92. The Hall–Kier alpha value is -1.90. The summed E-state index contributed by atoms with van der Waals surface area (Å²) in [5.41, 5.74) is 0.161. The Kier molecular flexibility index (Phi) is 6.71. The van der Waals surface area contributed by atoms with Gasteiger partial charge in [-0.05, 0) is 25.8 Å². The molecule has 0 saturated carbocycles. The smallest absolute Gasteiger partial charge is 0.334 e. The van der Waals surface area contributed by atoms with Crippen molar-refractivity contribution in [2.75, 3.05) is 6.61 Å². The molecule has 0 aliphatic carbocycles. The molecule has 0 amide bonds. The second-order valence-corrected chi connectivity index (χ2v) is 4.55. The molecule has 20 heavy (non-hydrogen) atoms. The second-order valence-electron chi connectivity index (χ2n) is 4.55. The van der Waals surface area contributed by atoms with Crippen molar-refractivity contribution in [3.8, 4) is 0 Å². The number of hydrogen-bond acceptors (Lipinski definition) is 3. The van der Waals surface area contributed by atoms with Crippen molar-refractivity contribution < 1.29 is 9.53 Å². The van der Waals surface area contributed by atoms with Crippen LogP contribution < -0.4 is 0 Å². The van der Waals surface area contributed by atoms with Gasteiger partial charge in [-0.25, -0.2) is 4.79 Å². The highest BCUT2D eigenvalue weighted by molar-refractivity contribution is 5.87. The van der Waals surface area contributed by atoms with Gasteiger partial charge >= 0.3 is 5.97 Å². The molecule has 0 aliphatic rings. The molecule has 0 fully saturated rings. The Balaban J connectivity index is 3.02. The Morgan fingerprint density at radius 2 is 2.00 bits per heavy atom. The Labute approximate surface area is 121 Å². The lowest BCUT2D eigenvalue weighted by Crippen LogP contribution is -2.37. The lowest BCUT2D eigenvalue weighted by molar-refractivity contribution is -0.149. The number of carbonyl (C=O) groups is 1. The second kappa shape index (κ2) is 8.31. The minimum Gasteiger partial charge on any atom is -0.464 e. The van der Waals surface area contributed by atoms with Crippen LogP contribution in [0.2, 0.25) is 0 Å². The molecule has 0 N–H and O–H groups in total. The summed E-state index contributed by atoms with van der Waals surface area (Å²) < 4.78 is 5.20. The van der Waals surface area contributed by atoms with Gasteiger partial charge in [-0.15, -0.1) is 0 Å². The largest absolute Gasteiger partial charge is 0.464 e. The van der Waals surface area contributed by atoms with Crippen LogP contribution in [0.4, 0.5) is 0 Å². The molecule has 1 rings (SSSR count). The molecule has 0 aromatic heterocycles. The molecular weight excluding hydrogens is 250 g/mol. The van der Waals surface area contributed by atoms with Gasteiger partial charge in [-0.2, -0.15) is 0 Å². The quantitative estimate of drug-likeness (QED) is 0.431. The van der Waals surface area contributed by atoms with Crippen LogP contribution >= 0.6 is 0 Å². The Bertz CT molecular complexity index is 465. The van der Waals surface area contributed by atoms with Gasteiger partial charge in [0.05, 0.1) is 6.61 Å². The van der Waals surface area contributed by atoms with Gasteiger partial charge < -0.3 is 4.74 Å². The maximum atomic E-state index is 12.3. The van der Waals surface area contributed by atoms with Crippen LogP contribution in [0.1, 0.15) is 39.2 Å². The zero-order valence-corrected chi connectivity index (χ0v) is 12.5. The number of carbonyl (C=O) groups excluding carboxylic acids is 1. The van der Waals surface area contributed by atoms with E-state index >= 15 is 0 Å². The number of allylic oxidation sites excluding steroid dienone is 1. The van der Waals surface area contributed by atoms with Crippen LogP contribution in [-0.2, 0) is 9.53 Å². The van der Waals surface area contributed by atoms with Gasteiger partial charge in [-0.1, -0.05) is 49.4 Å². The number of esters is 1. The molecule has 1 unspecified atom stereocenters. The number of aliphatic imine (C=N–C) groups is 1. The number of rotatable bonds is 7. The van der Waals surface area contributed by atoms with Crippen LogP contribution in [0.5, 0.6) is 0 Å². The average Bonchev–Trinajstić information content (AvgIpc) is 2.49. The third-order valence-electron chi connectivity index (χ3n) is 3.19. The van der Waals surface area contributed by atoms with E-state index in [0.29, 0.717) is 19.4 Å². The predicted molar refractivity (Wildman–Crippen MR) is 83.1 cm³/mol. The van der Waals surface area contributed by atoms with Gasteiger partial charge in [0, 0.05) is 12.6 Å². The van der Waals surface area contributed by atoms with E-state index in [0.717, 1.165) is 5.56 Å². The van der Waals surface area contributed by atoms with Gasteiger partial charge in [0.2, 0.25) is 0 Å². The monoisotopic (exact) mass is 273 g/mol. The van der Waals surface area contributed by atoms with Crippen LogP contribution in [0, 0.1) is 0 Å². The molecule has 3 nitrogen and oxygen atoms in total. The van der Waals surface area contributed by atoms with Gasteiger partial charge in [0.15, 0.2) is 5.54 Å². The molecule has 0 aliphatic heterocycles. The highest BCUT2D eigenvalue weighted by atomic mass is 16.5. The first-order chi connectivity index (χ1) is 9.68. The van der Waals surface area contributed by atoms with E-state index in [1.165, 1.54) is 0 Å². The average molecular weight is 273 g/mol. The highest BCUT2D eigenvalue weighted by Gasteiger charge is 2.36. The topological polar surface area (TPSA) is 38.7 Å². The zero-order valence-electron chi connectivity index (χ0n) is 12.5. The standard InChI is InChI=1S/C17H23NO2/c1-4-7-13-17(5-2,16(19)20-6-3)18-14-15-11-9-8-10-12-15/h4,7-12,14H,5-6,13H2,1-3H3/b7-4+,18-14+. The van der Waals surface area contributed by atoms with Crippen LogP contribution in [0.15, 0.2) is 47.5 Å². The van der Waals surface area contributed by atoms with Crippen molar-refractivity contribution in [1.29, 1.82) is 0 Å². The molecule has 0 heterocycles. The third-order valence-corrected chi connectivity index (χ3v) is 3.19. The lowest BCUT2D eigenvalue weighted by Gasteiger charge is -2.24. The molecule has 108 valence electrons. The number of hydrogen-bond donors (Lipinski definition) is 0. The van der Waals surface area contributed by atoms with Crippen molar-refractivity contribution in [1.82, 2.24) is 0 Å². The van der Waals surface area contributed by atoms with E-state index in [9.17, 15) is 4.79 Å². The van der Waals surface area contributed by atoms with Crippen molar-refractivity contribution in [3.05, 3.63) is 48.0 Å². The maximum absolute atomic E-state index is 12.3. The first-order valence-electron chi connectivity index (χ1n) is 7.07. The highest BCUT2D eigenvalue weighted by Crippen LogP contribution is 2.24. The Morgan fingerprint density at radius 1 is 1.30 bits per heavy atom. The van der Waals surface area contributed by atoms with Gasteiger partial charge in [0.1, 0.15) is 0 Å². The summed E-state index contributed by atoms with van der Waals surface area (Å²) in [4.78, 5) is 16.8. The van der Waals surface area contributed by atoms with Gasteiger partial charge in [-0.3, -0.25) is 4.99 Å². The zero-order chi connectivity index (χ0) is 14.8. The molecule has 1 aromatic carbocycles. The molecule has 0 spiro atoms. The SMILES string of the molecule is C/C=C/CC(CC)(/N=C/c1ccccc1)C(=O)OCC. The van der Waals surface area contributed by atoms with Crippen molar-refractivity contribution >= 4 is 12.2 Å². The summed E-state index contributed by atoms with van der Waals surface area (Å²) in [6.45, 7) is 6.08.